The topological polar surface area (TPSA) is 38.1 Å². The second-order valence-electron chi connectivity index (χ2n) is 6.95. The van der Waals surface area contributed by atoms with Crippen molar-refractivity contribution in [2.75, 3.05) is 13.1 Å². The number of likely N-dealkylation sites (tertiary alicyclic amines) is 1. The highest BCUT2D eigenvalue weighted by molar-refractivity contribution is 6.06. The molecule has 1 aliphatic heterocycles. The molecule has 25 heavy (non-hydrogen) atoms. The molecule has 1 aliphatic rings. The largest absolute Gasteiger partial charge is 0.339 e. The molecule has 1 saturated heterocycles. The average Bonchev–Trinajstić information content (AvgIpc) is 3.00. The molecule has 4 rings (SSSR count). The highest BCUT2D eigenvalue weighted by atomic mass is 16.2. The minimum absolute atomic E-state index is 0.136. The molecule has 0 aliphatic carbocycles. The van der Waals surface area contributed by atoms with Gasteiger partial charge in [-0.2, -0.15) is 0 Å². The van der Waals surface area contributed by atoms with E-state index in [0.29, 0.717) is 5.92 Å². The van der Waals surface area contributed by atoms with Crippen molar-refractivity contribution >= 4 is 16.9 Å². The molecule has 3 aromatic rings. The van der Waals surface area contributed by atoms with Crippen LogP contribution in [0, 0.1) is 5.92 Å². The molecule has 0 spiro atoms. The summed E-state index contributed by atoms with van der Waals surface area (Å²) in [6, 6.07) is 14.5. The molecule has 1 amide bonds. The molecule has 1 fully saturated rings. The lowest BCUT2D eigenvalue weighted by atomic mass is 9.90. The summed E-state index contributed by atoms with van der Waals surface area (Å²) >= 11 is 0. The normalized spacial score (nSPS) is 15.6. The number of hydrogen-bond donors (Lipinski definition) is 0. The van der Waals surface area contributed by atoms with E-state index in [4.69, 9.17) is 0 Å². The van der Waals surface area contributed by atoms with Crippen LogP contribution in [-0.4, -0.2) is 33.4 Å². The molecular weight excluding hydrogens is 310 g/mol. The number of hydrogen-bond acceptors (Lipinski definition) is 2. The van der Waals surface area contributed by atoms with Crippen LogP contribution in [0.2, 0.25) is 0 Å². The summed E-state index contributed by atoms with van der Waals surface area (Å²) < 4.78 is 1.94. The molecule has 4 nitrogen and oxygen atoms in total. The van der Waals surface area contributed by atoms with Crippen molar-refractivity contribution in [3.05, 3.63) is 66.0 Å². The van der Waals surface area contributed by atoms with Gasteiger partial charge >= 0.3 is 0 Å². The van der Waals surface area contributed by atoms with Gasteiger partial charge in [-0.1, -0.05) is 30.3 Å². The second-order valence-corrected chi connectivity index (χ2v) is 6.95. The van der Waals surface area contributed by atoms with Gasteiger partial charge in [-0.15, -0.1) is 0 Å². The number of carbonyl (C=O) groups excluding carboxylic acids is 1. The molecule has 3 heterocycles. The van der Waals surface area contributed by atoms with Gasteiger partial charge in [-0.3, -0.25) is 4.79 Å². The van der Waals surface area contributed by atoms with Crippen LogP contribution in [0.4, 0.5) is 0 Å². The second kappa shape index (κ2) is 6.71. The van der Waals surface area contributed by atoms with Gasteiger partial charge in [0.05, 0.1) is 5.56 Å². The maximum Gasteiger partial charge on any atom is 0.256 e. The monoisotopic (exact) mass is 333 g/mol. The molecule has 1 aromatic carbocycles. The Morgan fingerprint density at radius 1 is 1.12 bits per heavy atom. The van der Waals surface area contributed by atoms with Crippen LogP contribution in [-0.2, 0) is 13.5 Å². The quantitative estimate of drug-likeness (QED) is 0.733. The lowest BCUT2D eigenvalue weighted by Crippen LogP contribution is -2.38. The first-order valence-corrected chi connectivity index (χ1v) is 8.95. The molecule has 0 N–H and O–H groups in total. The lowest BCUT2D eigenvalue weighted by molar-refractivity contribution is 0.0692. The van der Waals surface area contributed by atoms with Crippen molar-refractivity contribution in [2.45, 2.75) is 19.3 Å². The van der Waals surface area contributed by atoms with Crippen LogP contribution in [0.3, 0.4) is 0 Å². The van der Waals surface area contributed by atoms with Crippen LogP contribution in [0.5, 0.6) is 0 Å². The standard InChI is InChI=1S/C21H23N3O/c1-23-15-19(18-8-5-11-22-20(18)23)21(25)24-12-9-17(10-13-24)14-16-6-3-2-4-7-16/h2-8,11,15,17H,9-10,12-14H2,1H3. The maximum absolute atomic E-state index is 13.0. The predicted molar refractivity (Wildman–Crippen MR) is 99.5 cm³/mol. The fourth-order valence-corrected chi connectivity index (χ4v) is 3.84. The van der Waals surface area contributed by atoms with Gasteiger partial charge in [0.2, 0.25) is 0 Å². The van der Waals surface area contributed by atoms with E-state index in [2.05, 4.69) is 35.3 Å². The summed E-state index contributed by atoms with van der Waals surface area (Å²) in [5, 5.41) is 0.946. The SMILES string of the molecule is Cn1cc(C(=O)N2CCC(Cc3ccccc3)CC2)c2cccnc21. The molecule has 0 bridgehead atoms. The van der Waals surface area contributed by atoms with E-state index in [1.165, 1.54) is 5.56 Å². The number of fused-ring (bicyclic) bond motifs is 1. The summed E-state index contributed by atoms with van der Waals surface area (Å²) in [7, 11) is 1.94. The molecule has 4 heteroatoms. The van der Waals surface area contributed by atoms with Crippen LogP contribution >= 0.6 is 0 Å². The van der Waals surface area contributed by atoms with Crippen molar-refractivity contribution in [1.29, 1.82) is 0 Å². The van der Waals surface area contributed by atoms with Crippen molar-refractivity contribution in [3.8, 4) is 0 Å². The van der Waals surface area contributed by atoms with Gasteiger partial charge in [0, 0.05) is 37.9 Å². The number of carbonyl (C=O) groups is 1. The Morgan fingerprint density at radius 2 is 1.88 bits per heavy atom. The van der Waals surface area contributed by atoms with Gasteiger partial charge in [-0.05, 0) is 42.9 Å². The van der Waals surface area contributed by atoms with Crippen molar-refractivity contribution in [3.63, 3.8) is 0 Å². The van der Waals surface area contributed by atoms with E-state index in [0.717, 1.165) is 48.9 Å². The highest BCUT2D eigenvalue weighted by Gasteiger charge is 2.25. The first-order valence-electron chi connectivity index (χ1n) is 8.95. The van der Waals surface area contributed by atoms with Crippen molar-refractivity contribution in [1.82, 2.24) is 14.5 Å². The highest BCUT2D eigenvalue weighted by Crippen LogP contribution is 2.25. The summed E-state index contributed by atoms with van der Waals surface area (Å²) in [6.07, 6.45) is 6.94. The number of nitrogens with zero attached hydrogens (tertiary/aromatic N) is 3. The minimum Gasteiger partial charge on any atom is -0.339 e. The Balaban J connectivity index is 1.44. The summed E-state index contributed by atoms with van der Waals surface area (Å²) in [6.45, 7) is 1.68. The number of pyridine rings is 1. The third-order valence-corrected chi connectivity index (χ3v) is 5.23. The maximum atomic E-state index is 13.0. The Labute approximate surface area is 148 Å². The van der Waals surface area contributed by atoms with Crippen molar-refractivity contribution < 1.29 is 4.79 Å². The summed E-state index contributed by atoms with van der Waals surface area (Å²) in [5.41, 5.74) is 3.03. The third kappa shape index (κ3) is 3.16. The molecule has 0 radical (unpaired) electrons. The lowest BCUT2D eigenvalue weighted by Gasteiger charge is -2.32. The fourth-order valence-electron chi connectivity index (χ4n) is 3.84. The van der Waals surface area contributed by atoms with Crippen LogP contribution in [0.25, 0.3) is 11.0 Å². The zero-order valence-corrected chi connectivity index (χ0v) is 14.6. The number of piperidine rings is 1. The van der Waals surface area contributed by atoms with Crippen LogP contribution in [0.15, 0.2) is 54.9 Å². The van der Waals surface area contributed by atoms with E-state index in [1.807, 2.05) is 34.8 Å². The van der Waals surface area contributed by atoms with E-state index in [-0.39, 0.29) is 5.91 Å². The van der Waals surface area contributed by atoms with Crippen LogP contribution in [0.1, 0.15) is 28.8 Å². The number of amides is 1. The minimum atomic E-state index is 0.136. The Morgan fingerprint density at radius 3 is 2.64 bits per heavy atom. The van der Waals surface area contributed by atoms with Gasteiger partial charge in [0.25, 0.3) is 5.91 Å². The summed E-state index contributed by atoms with van der Waals surface area (Å²) in [4.78, 5) is 19.4. The third-order valence-electron chi connectivity index (χ3n) is 5.23. The molecule has 128 valence electrons. The first kappa shape index (κ1) is 15.9. The molecule has 2 aromatic heterocycles. The average molecular weight is 333 g/mol. The molecular formula is C21H23N3O. The fraction of sp³-hybridized carbons (Fsp3) is 0.333. The number of aryl methyl sites for hydroxylation is 1. The Hall–Kier alpha value is -2.62. The van der Waals surface area contributed by atoms with Gasteiger partial charge < -0.3 is 9.47 Å². The molecule has 0 unspecified atom stereocenters. The number of rotatable bonds is 3. The predicted octanol–water partition coefficient (Wildman–Crippen LogP) is 3.67. The number of benzene rings is 1. The Kier molecular flexibility index (Phi) is 4.26. The van der Waals surface area contributed by atoms with E-state index in [9.17, 15) is 4.79 Å². The van der Waals surface area contributed by atoms with Crippen LogP contribution < -0.4 is 0 Å². The van der Waals surface area contributed by atoms with E-state index in [1.54, 1.807) is 6.20 Å². The van der Waals surface area contributed by atoms with E-state index >= 15 is 0 Å². The molecule has 0 saturated carbocycles. The first-order chi connectivity index (χ1) is 12.2. The van der Waals surface area contributed by atoms with Gasteiger partial charge in [0.1, 0.15) is 5.65 Å². The Bertz CT molecular complexity index is 877. The summed E-state index contributed by atoms with van der Waals surface area (Å²) in [5.74, 6) is 0.803. The molecule has 0 atom stereocenters. The van der Waals surface area contributed by atoms with Gasteiger partial charge in [0.15, 0.2) is 0 Å². The number of aromatic nitrogens is 2. The smallest absolute Gasteiger partial charge is 0.256 e. The zero-order valence-electron chi connectivity index (χ0n) is 14.6. The van der Waals surface area contributed by atoms with E-state index < -0.39 is 0 Å². The van der Waals surface area contributed by atoms with Crippen molar-refractivity contribution in [2.24, 2.45) is 13.0 Å². The zero-order chi connectivity index (χ0) is 17.2. The van der Waals surface area contributed by atoms with Gasteiger partial charge in [-0.25, -0.2) is 4.98 Å².